The Bertz CT molecular complexity index is 558. The topological polar surface area (TPSA) is 66.4 Å². The summed E-state index contributed by atoms with van der Waals surface area (Å²) >= 11 is 0. The molecule has 0 aliphatic carbocycles. The predicted molar refractivity (Wildman–Crippen MR) is 58.3 cm³/mol. The summed E-state index contributed by atoms with van der Waals surface area (Å²) < 4.78 is 0. The summed E-state index contributed by atoms with van der Waals surface area (Å²) in [6.45, 7) is 0. The third kappa shape index (κ3) is 1.86. The van der Waals surface area contributed by atoms with Gasteiger partial charge in [0.25, 0.3) is 5.91 Å². The number of rotatable bonds is 1. The van der Waals surface area contributed by atoms with Crippen LogP contribution in [0, 0.1) is 6.07 Å². The highest BCUT2D eigenvalue weighted by Crippen LogP contribution is 2.17. The van der Waals surface area contributed by atoms with Crippen molar-refractivity contribution in [3.05, 3.63) is 48.0 Å². The van der Waals surface area contributed by atoms with E-state index in [1.165, 1.54) is 0 Å². The summed E-state index contributed by atoms with van der Waals surface area (Å²) in [7, 11) is 0. The van der Waals surface area contributed by atoms with Crippen molar-refractivity contribution in [1.82, 2.24) is 5.32 Å². The van der Waals surface area contributed by atoms with Crippen molar-refractivity contribution < 1.29 is 14.7 Å². The molecule has 0 aliphatic heterocycles. The molecule has 4 nitrogen and oxygen atoms in total. The van der Waals surface area contributed by atoms with Crippen LogP contribution in [0.5, 0.6) is 0 Å². The Labute approximate surface area is 91.5 Å². The normalized spacial score (nSPS) is 10.0. The summed E-state index contributed by atoms with van der Waals surface area (Å²) in [6.07, 6.45) is -1.36. The third-order valence-electron chi connectivity index (χ3n) is 2.16. The largest absolute Gasteiger partial charge is 0.465 e. The lowest BCUT2D eigenvalue weighted by atomic mass is 10.0. The first-order chi connectivity index (χ1) is 7.68. The van der Waals surface area contributed by atoms with Gasteiger partial charge >= 0.3 is 6.09 Å². The first-order valence-electron chi connectivity index (χ1n) is 4.62. The molecule has 0 heterocycles. The number of hydrogen-bond donors (Lipinski definition) is 2. The summed E-state index contributed by atoms with van der Waals surface area (Å²) in [5.74, 6) is -0.638. The molecular formula is C12H8NO3. The lowest BCUT2D eigenvalue weighted by Crippen LogP contribution is -2.28. The number of nitrogens with one attached hydrogen (secondary N) is 1. The Morgan fingerprint density at radius 1 is 1.19 bits per heavy atom. The van der Waals surface area contributed by atoms with Crippen LogP contribution in [-0.4, -0.2) is 17.1 Å². The Morgan fingerprint density at radius 2 is 1.94 bits per heavy atom. The molecule has 0 aromatic heterocycles. The van der Waals surface area contributed by atoms with Crippen LogP contribution in [0.4, 0.5) is 4.79 Å². The van der Waals surface area contributed by atoms with Crippen LogP contribution < -0.4 is 5.32 Å². The van der Waals surface area contributed by atoms with Gasteiger partial charge in [-0.25, -0.2) is 4.79 Å². The summed E-state index contributed by atoms with van der Waals surface area (Å²) in [5.41, 5.74) is 0.306. The molecule has 1 radical (unpaired) electrons. The first kappa shape index (κ1) is 10.2. The van der Waals surface area contributed by atoms with Crippen LogP contribution >= 0.6 is 0 Å². The van der Waals surface area contributed by atoms with Crippen LogP contribution in [0.15, 0.2) is 36.4 Å². The molecule has 0 bridgehead atoms. The van der Waals surface area contributed by atoms with Crippen molar-refractivity contribution in [2.24, 2.45) is 0 Å². The number of benzene rings is 2. The molecule has 0 aliphatic rings. The third-order valence-corrected chi connectivity index (χ3v) is 2.16. The van der Waals surface area contributed by atoms with Crippen LogP contribution in [-0.2, 0) is 0 Å². The maximum Gasteiger partial charge on any atom is 0.411 e. The number of carbonyl (C=O) groups is 2. The Hall–Kier alpha value is -2.36. The first-order valence-corrected chi connectivity index (χ1v) is 4.62. The van der Waals surface area contributed by atoms with Crippen molar-refractivity contribution in [2.75, 3.05) is 0 Å². The number of fused-ring (bicyclic) bond motifs is 1. The van der Waals surface area contributed by atoms with Gasteiger partial charge in [0.05, 0.1) is 0 Å². The highest BCUT2D eigenvalue weighted by molar-refractivity contribution is 6.10. The van der Waals surface area contributed by atoms with E-state index in [0.717, 1.165) is 5.39 Å². The molecule has 0 unspecified atom stereocenters. The second kappa shape index (κ2) is 4.02. The van der Waals surface area contributed by atoms with Gasteiger partial charge in [0.1, 0.15) is 0 Å². The van der Waals surface area contributed by atoms with Gasteiger partial charge in [-0.2, -0.15) is 0 Å². The second-order valence-electron chi connectivity index (χ2n) is 3.20. The monoisotopic (exact) mass is 214 g/mol. The Kier molecular flexibility index (Phi) is 2.55. The van der Waals surface area contributed by atoms with Crippen LogP contribution in [0.2, 0.25) is 0 Å². The molecule has 0 atom stereocenters. The fraction of sp³-hybridized carbons (Fsp3) is 0. The van der Waals surface area contributed by atoms with Crippen molar-refractivity contribution in [3.63, 3.8) is 0 Å². The highest BCUT2D eigenvalue weighted by atomic mass is 16.4. The Morgan fingerprint density at radius 3 is 2.69 bits per heavy atom. The molecule has 0 spiro atoms. The minimum absolute atomic E-state index is 0.306. The van der Waals surface area contributed by atoms with E-state index in [0.29, 0.717) is 10.9 Å². The molecule has 2 aromatic rings. The molecule has 2 amide bonds. The molecule has 2 aromatic carbocycles. The summed E-state index contributed by atoms with van der Waals surface area (Å²) in [6, 6.07) is 13.3. The molecule has 2 N–H and O–H groups in total. The number of hydrogen-bond acceptors (Lipinski definition) is 2. The average molecular weight is 214 g/mol. The van der Waals surface area contributed by atoms with Gasteiger partial charge in [0.2, 0.25) is 0 Å². The number of carboxylic acid groups (broad SMARTS) is 1. The summed E-state index contributed by atoms with van der Waals surface area (Å²) in [5, 5.41) is 11.7. The van der Waals surface area contributed by atoms with Crippen molar-refractivity contribution in [3.8, 4) is 0 Å². The molecule has 0 fully saturated rings. The fourth-order valence-electron chi connectivity index (χ4n) is 1.51. The van der Waals surface area contributed by atoms with E-state index < -0.39 is 12.0 Å². The number of amides is 2. The average Bonchev–Trinajstić information content (AvgIpc) is 2.27. The van der Waals surface area contributed by atoms with Gasteiger partial charge < -0.3 is 5.11 Å². The molecule has 0 saturated carbocycles. The van der Waals surface area contributed by atoms with E-state index in [1.54, 1.807) is 24.3 Å². The molecule has 79 valence electrons. The van der Waals surface area contributed by atoms with Crippen LogP contribution in [0.1, 0.15) is 10.4 Å². The van der Waals surface area contributed by atoms with E-state index in [1.807, 2.05) is 17.4 Å². The SMILES string of the molecule is O=C(O)NC(=O)c1cccc2ccc[c]c12. The minimum Gasteiger partial charge on any atom is -0.465 e. The fourth-order valence-corrected chi connectivity index (χ4v) is 1.51. The van der Waals surface area contributed by atoms with Crippen molar-refractivity contribution in [2.45, 2.75) is 0 Å². The standard InChI is InChI=1S/C12H8NO3/c14-11(13-12(15)16)10-7-3-5-8-4-1-2-6-9(8)10/h1-5,7H,(H,13,14)(H,15,16). The van der Waals surface area contributed by atoms with Gasteiger partial charge in [-0.1, -0.05) is 30.3 Å². The maximum absolute atomic E-state index is 11.6. The second-order valence-corrected chi connectivity index (χ2v) is 3.20. The lowest BCUT2D eigenvalue weighted by molar-refractivity contribution is 0.0949. The van der Waals surface area contributed by atoms with Crippen LogP contribution in [0.3, 0.4) is 0 Å². The van der Waals surface area contributed by atoms with Gasteiger partial charge in [-0.15, -0.1) is 0 Å². The lowest BCUT2D eigenvalue weighted by Gasteiger charge is -2.04. The Balaban J connectivity index is 2.52. The van der Waals surface area contributed by atoms with E-state index in [4.69, 9.17) is 5.11 Å². The molecule has 4 heteroatoms. The van der Waals surface area contributed by atoms with E-state index >= 15 is 0 Å². The zero-order valence-corrected chi connectivity index (χ0v) is 8.23. The number of imide groups is 1. The van der Waals surface area contributed by atoms with E-state index in [9.17, 15) is 9.59 Å². The van der Waals surface area contributed by atoms with Crippen molar-refractivity contribution in [1.29, 1.82) is 0 Å². The van der Waals surface area contributed by atoms with E-state index in [2.05, 4.69) is 6.07 Å². The van der Waals surface area contributed by atoms with Gasteiger partial charge in [-0.05, 0) is 17.5 Å². The smallest absolute Gasteiger partial charge is 0.411 e. The highest BCUT2D eigenvalue weighted by Gasteiger charge is 2.11. The molecule has 0 saturated heterocycles. The zero-order chi connectivity index (χ0) is 11.5. The summed E-state index contributed by atoms with van der Waals surface area (Å²) in [4.78, 5) is 21.9. The molecule has 16 heavy (non-hydrogen) atoms. The minimum atomic E-state index is -1.36. The molecule has 2 rings (SSSR count). The zero-order valence-electron chi connectivity index (χ0n) is 8.23. The molecular weight excluding hydrogens is 206 g/mol. The van der Waals surface area contributed by atoms with Gasteiger partial charge in [0, 0.05) is 10.9 Å². The quantitative estimate of drug-likeness (QED) is 0.763. The maximum atomic E-state index is 11.6. The van der Waals surface area contributed by atoms with Crippen molar-refractivity contribution >= 4 is 22.8 Å². The number of carbonyl (C=O) groups excluding carboxylic acids is 1. The van der Waals surface area contributed by atoms with Gasteiger partial charge in [0.15, 0.2) is 0 Å². The van der Waals surface area contributed by atoms with E-state index in [-0.39, 0.29) is 0 Å². The predicted octanol–water partition coefficient (Wildman–Crippen LogP) is 2.05. The van der Waals surface area contributed by atoms with Crippen LogP contribution in [0.25, 0.3) is 10.8 Å². The van der Waals surface area contributed by atoms with Gasteiger partial charge in [-0.3, -0.25) is 10.1 Å².